The van der Waals surface area contributed by atoms with Crippen LogP contribution in [0.1, 0.15) is 47.0 Å². The van der Waals surface area contributed by atoms with Crippen molar-refractivity contribution in [1.82, 2.24) is 0 Å². The first kappa shape index (κ1) is 25.9. The lowest BCUT2D eigenvalue weighted by Crippen LogP contribution is -2.26. The lowest BCUT2D eigenvalue weighted by molar-refractivity contribution is -0.156. The Hall–Kier alpha value is -1.06. The number of carbonyl (C=O) groups is 2. The molecule has 8 heteroatoms. The standard InChI is InChI=1S/C19H37NO7/c1-16(20)17(21)6-5-8-23-10-12-25-14-15-26-13-11-24-9-7-18(22)27-19(2,3)4/h16H,5-15,20H2,1-4H3/t16-/m0/s1. The molecule has 0 amide bonds. The van der Waals surface area contributed by atoms with Crippen LogP contribution in [0, 0.1) is 0 Å². The molecule has 0 bridgehead atoms. The van der Waals surface area contributed by atoms with E-state index in [-0.39, 0.29) is 18.2 Å². The molecule has 0 rings (SSSR count). The van der Waals surface area contributed by atoms with Crippen molar-refractivity contribution in [3.05, 3.63) is 0 Å². The van der Waals surface area contributed by atoms with Crippen LogP contribution in [0.2, 0.25) is 0 Å². The summed E-state index contributed by atoms with van der Waals surface area (Å²) in [5.41, 5.74) is 5.01. The van der Waals surface area contributed by atoms with Gasteiger partial charge in [-0.05, 0) is 34.1 Å². The minimum atomic E-state index is -0.465. The number of rotatable bonds is 17. The van der Waals surface area contributed by atoms with Crippen molar-refractivity contribution >= 4 is 11.8 Å². The van der Waals surface area contributed by atoms with E-state index >= 15 is 0 Å². The molecule has 160 valence electrons. The van der Waals surface area contributed by atoms with Gasteiger partial charge >= 0.3 is 5.97 Å². The van der Waals surface area contributed by atoms with Crippen molar-refractivity contribution < 1.29 is 33.3 Å². The van der Waals surface area contributed by atoms with Gasteiger partial charge in [-0.15, -0.1) is 0 Å². The average molecular weight is 392 g/mol. The number of carbonyl (C=O) groups excluding carboxylic acids is 2. The second kappa shape index (κ2) is 15.9. The molecule has 8 nitrogen and oxygen atoms in total. The highest BCUT2D eigenvalue weighted by atomic mass is 16.6. The van der Waals surface area contributed by atoms with Gasteiger partial charge in [0.05, 0.1) is 58.7 Å². The maximum Gasteiger partial charge on any atom is 0.308 e. The molecule has 0 aliphatic rings. The molecule has 0 aromatic rings. The molecular formula is C19H37NO7. The molecule has 0 unspecified atom stereocenters. The minimum Gasteiger partial charge on any atom is -0.460 e. The Morgan fingerprint density at radius 2 is 1.22 bits per heavy atom. The van der Waals surface area contributed by atoms with Crippen molar-refractivity contribution in [3.63, 3.8) is 0 Å². The maximum atomic E-state index is 11.5. The van der Waals surface area contributed by atoms with Crippen LogP contribution in [-0.2, 0) is 33.3 Å². The molecule has 0 saturated heterocycles. The van der Waals surface area contributed by atoms with Crippen LogP contribution >= 0.6 is 0 Å². The molecule has 0 fully saturated rings. The van der Waals surface area contributed by atoms with Gasteiger partial charge in [0, 0.05) is 13.0 Å². The second-order valence-electron chi connectivity index (χ2n) is 7.14. The third-order valence-corrected chi connectivity index (χ3v) is 3.21. The van der Waals surface area contributed by atoms with Gasteiger partial charge < -0.3 is 29.4 Å². The first-order chi connectivity index (χ1) is 12.7. The van der Waals surface area contributed by atoms with Gasteiger partial charge in [0.25, 0.3) is 0 Å². The summed E-state index contributed by atoms with van der Waals surface area (Å²) in [5, 5.41) is 0. The highest BCUT2D eigenvalue weighted by molar-refractivity contribution is 5.83. The number of Topliss-reactive ketones (excluding diaryl/α,β-unsaturated/α-hetero) is 1. The van der Waals surface area contributed by atoms with Crippen molar-refractivity contribution in [3.8, 4) is 0 Å². The summed E-state index contributed by atoms with van der Waals surface area (Å²) in [6.45, 7) is 10.8. The molecular weight excluding hydrogens is 354 g/mol. The smallest absolute Gasteiger partial charge is 0.308 e. The summed E-state index contributed by atoms with van der Waals surface area (Å²) in [5.74, 6) is -0.208. The predicted octanol–water partition coefficient (Wildman–Crippen LogP) is 1.48. The van der Waals surface area contributed by atoms with E-state index < -0.39 is 11.6 Å². The van der Waals surface area contributed by atoms with Gasteiger partial charge in [0.15, 0.2) is 0 Å². The fourth-order valence-corrected chi connectivity index (χ4v) is 1.89. The Bertz CT molecular complexity index is 394. The zero-order chi connectivity index (χ0) is 20.5. The van der Waals surface area contributed by atoms with E-state index in [1.807, 2.05) is 20.8 Å². The quantitative estimate of drug-likeness (QED) is 0.294. The van der Waals surface area contributed by atoms with E-state index in [1.165, 1.54) is 0 Å². The van der Waals surface area contributed by atoms with Crippen LogP contribution in [0.15, 0.2) is 0 Å². The van der Waals surface area contributed by atoms with Crippen LogP contribution in [0.5, 0.6) is 0 Å². The van der Waals surface area contributed by atoms with Gasteiger partial charge in [0.2, 0.25) is 0 Å². The van der Waals surface area contributed by atoms with Crippen LogP contribution in [-0.4, -0.2) is 76.3 Å². The summed E-state index contributed by atoms with van der Waals surface area (Å²) < 4.78 is 26.6. The van der Waals surface area contributed by atoms with E-state index in [1.54, 1.807) is 6.92 Å². The number of hydrogen-bond donors (Lipinski definition) is 1. The third kappa shape index (κ3) is 19.5. The molecule has 0 aliphatic carbocycles. The third-order valence-electron chi connectivity index (χ3n) is 3.21. The Morgan fingerprint density at radius 1 is 0.778 bits per heavy atom. The van der Waals surface area contributed by atoms with Crippen molar-refractivity contribution in [1.29, 1.82) is 0 Å². The molecule has 0 aromatic carbocycles. The minimum absolute atomic E-state index is 0.0563. The second-order valence-corrected chi connectivity index (χ2v) is 7.14. The normalized spacial score (nSPS) is 12.8. The fraction of sp³-hybridized carbons (Fsp3) is 0.895. The Morgan fingerprint density at radius 3 is 1.67 bits per heavy atom. The van der Waals surface area contributed by atoms with Crippen LogP contribution in [0.3, 0.4) is 0 Å². The molecule has 0 aromatic heterocycles. The van der Waals surface area contributed by atoms with E-state index in [2.05, 4.69) is 0 Å². The van der Waals surface area contributed by atoms with Gasteiger partial charge in [-0.25, -0.2) is 0 Å². The van der Waals surface area contributed by atoms with E-state index in [4.69, 9.17) is 29.4 Å². The number of ketones is 1. The Kier molecular flexibility index (Phi) is 15.3. The van der Waals surface area contributed by atoms with Crippen LogP contribution in [0.25, 0.3) is 0 Å². The maximum absolute atomic E-state index is 11.5. The van der Waals surface area contributed by atoms with Gasteiger partial charge in [-0.3, -0.25) is 9.59 Å². The Labute approximate surface area is 163 Å². The largest absolute Gasteiger partial charge is 0.460 e. The van der Waals surface area contributed by atoms with Crippen LogP contribution < -0.4 is 5.73 Å². The molecule has 27 heavy (non-hydrogen) atoms. The Balaban J connectivity index is 3.21. The average Bonchev–Trinajstić information content (AvgIpc) is 2.56. The first-order valence-electron chi connectivity index (χ1n) is 9.53. The SMILES string of the molecule is C[C@H](N)C(=O)CCCOCCOCCOCCOCCC(=O)OC(C)(C)C. The zero-order valence-electron chi connectivity index (χ0n) is 17.3. The number of esters is 1. The summed E-state index contributed by atoms with van der Waals surface area (Å²) in [6, 6.07) is -0.399. The highest BCUT2D eigenvalue weighted by Gasteiger charge is 2.15. The summed E-state index contributed by atoms with van der Waals surface area (Å²) in [4.78, 5) is 22.7. The predicted molar refractivity (Wildman–Crippen MR) is 102 cm³/mol. The lowest BCUT2D eigenvalue weighted by Gasteiger charge is -2.19. The number of nitrogens with two attached hydrogens (primary N) is 1. The topological polar surface area (TPSA) is 106 Å². The monoisotopic (exact) mass is 391 g/mol. The van der Waals surface area contributed by atoms with Gasteiger partial charge in [-0.1, -0.05) is 0 Å². The highest BCUT2D eigenvalue weighted by Crippen LogP contribution is 2.08. The molecule has 1 atom stereocenters. The van der Waals surface area contributed by atoms with Crippen molar-refractivity contribution in [2.45, 2.75) is 58.6 Å². The summed E-state index contributed by atoms with van der Waals surface area (Å²) in [7, 11) is 0. The van der Waals surface area contributed by atoms with Crippen molar-refractivity contribution in [2.75, 3.05) is 52.9 Å². The molecule has 0 heterocycles. The molecule has 0 aliphatic heterocycles. The lowest BCUT2D eigenvalue weighted by atomic mass is 10.1. The molecule has 2 N–H and O–H groups in total. The molecule has 0 radical (unpaired) electrons. The van der Waals surface area contributed by atoms with E-state index in [9.17, 15) is 9.59 Å². The van der Waals surface area contributed by atoms with Gasteiger partial charge in [0.1, 0.15) is 11.4 Å². The molecule has 0 spiro atoms. The van der Waals surface area contributed by atoms with Gasteiger partial charge in [-0.2, -0.15) is 0 Å². The summed E-state index contributed by atoms with van der Waals surface area (Å²) in [6.07, 6.45) is 1.36. The van der Waals surface area contributed by atoms with Crippen molar-refractivity contribution in [2.24, 2.45) is 5.73 Å². The zero-order valence-corrected chi connectivity index (χ0v) is 17.3. The summed E-state index contributed by atoms with van der Waals surface area (Å²) >= 11 is 0. The van der Waals surface area contributed by atoms with E-state index in [0.717, 1.165) is 0 Å². The first-order valence-corrected chi connectivity index (χ1v) is 9.53. The molecule has 0 saturated carbocycles. The van der Waals surface area contributed by atoms with Crippen LogP contribution in [0.4, 0.5) is 0 Å². The number of ether oxygens (including phenoxy) is 5. The number of hydrogen-bond acceptors (Lipinski definition) is 8. The fourth-order valence-electron chi connectivity index (χ4n) is 1.89. The van der Waals surface area contributed by atoms with E-state index in [0.29, 0.717) is 65.7 Å².